The summed E-state index contributed by atoms with van der Waals surface area (Å²) in [6, 6.07) is 1.28. The first-order valence-electron chi connectivity index (χ1n) is 5.92. The van der Waals surface area contributed by atoms with Gasteiger partial charge in [0.25, 0.3) is 0 Å². The van der Waals surface area contributed by atoms with Gasteiger partial charge in [-0.3, -0.25) is 0 Å². The van der Waals surface area contributed by atoms with Gasteiger partial charge >= 0.3 is 0 Å². The van der Waals surface area contributed by atoms with Gasteiger partial charge in [-0.05, 0) is 34.8 Å². The molecule has 1 aromatic heterocycles. The molecular formula is C12H16BrFN2O. The van der Waals surface area contributed by atoms with E-state index in [0.717, 1.165) is 32.1 Å². The molecule has 2 unspecified atom stereocenters. The molecule has 2 rings (SSSR count). The second-order valence-electron chi connectivity index (χ2n) is 4.44. The van der Waals surface area contributed by atoms with Crippen molar-refractivity contribution in [3.05, 3.63) is 22.6 Å². The van der Waals surface area contributed by atoms with Crippen LogP contribution in [0.2, 0.25) is 0 Å². The third kappa shape index (κ3) is 3.39. The Labute approximate surface area is 109 Å². The third-order valence-corrected chi connectivity index (χ3v) is 3.54. The van der Waals surface area contributed by atoms with Crippen molar-refractivity contribution >= 4 is 21.7 Å². The third-order valence-electron chi connectivity index (χ3n) is 3.11. The van der Waals surface area contributed by atoms with E-state index in [9.17, 15) is 9.50 Å². The zero-order valence-electron chi connectivity index (χ0n) is 9.50. The largest absolute Gasteiger partial charge is 0.391 e. The van der Waals surface area contributed by atoms with Crippen molar-refractivity contribution in [2.75, 3.05) is 5.32 Å². The molecule has 1 aromatic rings. The fourth-order valence-electron chi connectivity index (χ4n) is 2.15. The van der Waals surface area contributed by atoms with Gasteiger partial charge in [0.2, 0.25) is 0 Å². The van der Waals surface area contributed by atoms with Crippen LogP contribution < -0.4 is 5.32 Å². The summed E-state index contributed by atoms with van der Waals surface area (Å²) in [5.41, 5.74) is 0. The predicted molar refractivity (Wildman–Crippen MR) is 68.4 cm³/mol. The van der Waals surface area contributed by atoms with E-state index < -0.39 is 11.9 Å². The zero-order valence-corrected chi connectivity index (χ0v) is 11.1. The van der Waals surface area contributed by atoms with E-state index in [2.05, 4.69) is 26.2 Å². The average molecular weight is 303 g/mol. The Bertz CT molecular complexity index is 389. The van der Waals surface area contributed by atoms with Gasteiger partial charge in [0.05, 0.1) is 12.1 Å². The molecule has 0 aliphatic heterocycles. The number of pyridine rings is 1. The van der Waals surface area contributed by atoms with Gasteiger partial charge in [-0.15, -0.1) is 0 Å². The maximum atomic E-state index is 13.6. The van der Waals surface area contributed by atoms with Crippen molar-refractivity contribution in [1.29, 1.82) is 0 Å². The molecule has 0 amide bonds. The molecule has 1 aliphatic rings. The van der Waals surface area contributed by atoms with Gasteiger partial charge in [-0.1, -0.05) is 19.3 Å². The minimum absolute atomic E-state index is 0.0966. The van der Waals surface area contributed by atoms with Crippen molar-refractivity contribution in [2.24, 2.45) is 0 Å². The molecule has 1 fully saturated rings. The van der Waals surface area contributed by atoms with Gasteiger partial charge < -0.3 is 10.4 Å². The highest BCUT2D eigenvalue weighted by Crippen LogP contribution is 2.23. The predicted octanol–water partition coefficient (Wildman–Crippen LogP) is 3.09. The maximum absolute atomic E-state index is 13.6. The Kier molecular flexibility index (Phi) is 4.34. The molecule has 17 heavy (non-hydrogen) atoms. The van der Waals surface area contributed by atoms with E-state index in [1.807, 2.05) is 0 Å². The molecule has 0 bridgehead atoms. The van der Waals surface area contributed by atoms with Gasteiger partial charge in [0, 0.05) is 10.7 Å². The molecular weight excluding hydrogens is 287 g/mol. The Morgan fingerprint density at radius 2 is 2.12 bits per heavy atom. The van der Waals surface area contributed by atoms with E-state index in [4.69, 9.17) is 0 Å². The number of hydrogen-bond donors (Lipinski definition) is 2. The highest BCUT2D eigenvalue weighted by Gasteiger charge is 2.22. The number of aliphatic hydroxyl groups is 1. The maximum Gasteiger partial charge on any atom is 0.166 e. The van der Waals surface area contributed by atoms with Crippen LogP contribution in [0.5, 0.6) is 0 Å². The lowest BCUT2D eigenvalue weighted by atomic mass is 10.1. The molecule has 0 saturated heterocycles. The van der Waals surface area contributed by atoms with Crippen LogP contribution in [-0.4, -0.2) is 22.2 Å². The molecule has 0 aromatic carbocycles. The molecule has 0 radical (unpaired) electrons. The van der Waals surface area contributed by atoms with Crippen LogP contribution in [0.4, 0.5) is 10.2 Å². The van der Waals surface area contributed by atoms with Crippen LogP contribution in [-0.2, 0) is 0 Å². The van der Waals surface area contributed by atoms with Crippen LogP contribution >= 0.6 is 15.9 Å². The Morgan fingerprint density at radius 1 is 1.35 bits per heavy atom. The number of aromatic nitrogens is 1. The normalized spacial score (nSPS) is 25.4. The summed E-state index contributed by atoms with van der Waals surface area (Å²) in [5, 5.41) is 12.9. The fraction of sp³-hybridized carbons (Fsp3) is 0.583. The van der Waals surface area contributed by atoms with Crippen LogP contribution in [0.1, 0.15) is 32.1 Å². The summed E-state index contributed by atoms with van der Waals surface area (Å²) in [4.78, 5) is 3.99. The summed E-state index contributed by atoms with van der Waals surface area (Å²) < 4.78 is 14.2. The number of aliphatic hydroxyl groups excluding tert-OH is 1. The zero-order chi connectivity index (χ0) is 12.3. The number of rotatable bonds is 2. The highest BCUT2D eigenvalue weighted by molar-refractivity contribution is 9.10. The van der Waals surface area contributed by atoms with Gasteiger partial charge in [0.1, 0.15) is 0 Å². The fourth-order valence-corrected chi connectivity index (χ4v) is 2.46. The standard InChI is InChI=1S/C12H16BrFN2O/c13-8-6-9(14)12(15-7-8)16-10-4-2-1-3-5-11(10)17/h6-7,10-11,17H,1-5H2,(H,15,16). The highest BCUT2D eigenvalue weighted by atomic mass is 79.9. The number of nitrogens with zero attached hydrogens (tertiary/aromatic N) is 1. The Hall–Kier alpha value is -0.680. The summed E-state index contributed by atoms with van der Waals surface area (Å²) in [7, 11) is 0. The topological polar surface area (TPSA) is 45.1 Å². The lowest BCUT2D eigenvalue weighted by Crippen LogP contribution is -2.33. The molecule has 3 nitrogen and oxygen atoms in total. The molecule has 1 heterocycles. The average Bonchev–Trinajstić information content (AvgIpc) is 2.48. The summed E-state index contributed by atoms with van der Waals surface area (Å²) >= 11 is 3.17. The lowest BCUT2D eigenvalue weighted by Gasteiger charge is -2.22. The first kappa shape index (κ1) is 12.8. The summed E-state index contributed by atoms with van der Waals surface area (Å²) in [6.07, 6.45) is 6.00. The van der Waals surface area contributed by atoms with E-state index >= 15 is 0 Å². The molecule has 5 heteroatoms. The summed E-state index contributed by atoms with van der Waals surface area (Å²) in [5.74, 6) is -0.171. The van der Waals surface area contributed by atoms with Gasteiger partial charge in [-0.2, -0.15) is 0 Å². The second-order valence-corrected chi connectivity index (χ2v) is 5.36. The van der Waals surface area contributed by atoms with Crippen molar-refractivity contribution in [3.63, 3.8) is 0 Å². The van der Waals surface area contributed by atoms with E-state index in [1.54, 1.807) is 6.20 Å². The summed E-state index contributed by atoms with van der Waals surface area (Å²) in [6.45, 7) is 0. The molecule has 0 spiro atoms. The molecule has 2 atom stereocenters. The number of halogens is 2. The van der Waals surface area contributed by atoms with Crippen LogP contribution in [0, 0.1) is 5.82 Å². The molecule has 1 saturated carbocycles. The monoisotopic (exact) mass is 302 g/mol. The van der Waals surface area contributed by atoms with Crippen molar-refractivity contribution in [3.8, 4) is 0 Å². The molecule has 94 valence electrons. The first-order chi connectivity index (χ1) is 8.16. The van der Waals surface area contributed by atoms with E-state index in [-0.39, 0.29) is 11.9 Å². The Balaban J connectivity index is 2.08. The first-order valence-corrected chi connectivity index (χ1v) is 6.72. The molecule has 2 N–H and O–H groups in total. The minimum atomic E-state index is -0.414. The minimum Gasteiger partial charge on any atom is -0.391 e. The number of hydrogen-bond acceptors (Lipinski definition) is 3. The number of nitrogens with one attached hydrogen (secondary N) is 1. The van der Waals surface area contributed by atoms with Crippen LogP contribution in [0.25, 0.3) is 0 Å². The lowest BCUT2D eigenvalue weighted by molar-refractivity contribution is 0.144. The van der Waals surface area contributed by atoms with Gasteiger partial charge in [0.15, 0.2) is 11.6 Å². The quantitative estimate of drug-likeness (QED) is 0.825. The molecule has 1 aliphatic carbocycles. The van der Waals surface area contributed by atoms with Crippen molar-refractivity contribution in [2.45, 2.75) is 44.2 Å². The van der Waals surface area contributed by atoms with E-state index in [1.165, 1.54) is 6.07 Å². The Morgan fingerprint density at radius 3 is 2.88 bits per heavy atom. The number of anilines is 1. The van der Waals surface area contributed by atoms with Crippen LogP contribution in [0.15, 0.2) is 16.7 Å². The van der Waals surface area contributed by atoms with Crippen molar-refractivity contribution in [1.82, 2.24) is 4.98 Å². The van der Waals surface area contributed by atoms with Gasteiger partial charge in [-0.25, -0.2) is 9.37 Å². The van der Waals surface area contributed by atoms with Crippen LogP contribution in [0.3, 0.4) is 0 Å². The second kappa shape index (κ2) is 5.78. The van der Waals surface area contributed by atoms with E-state index in [0.29, 0.717) is 4.47 Å². The smallest absolute Gasteiger partial charge is 0.166 e. The SMILES string of the molecule is OC1CCCCCC1Nc1ncc(Br)cc1F. The van der Waals surface area contributed by atoms with Crippen molar-refractivity contribution < 1.29 is 9.50 Å².